The zero-order valence-electron chi connectivity index (χ0n) is 16.9. The molecule has 0 unspecified atom stereocenters. The van der Waals surface area contributed by atoms with Crippen LogP contribution in [0.3, 0.4) is 0 Å². The number of H-pyrrole nitrogens is 1. The van der Waals surface area contributed by atoms with Gasteiger partial charge >= 0.3 is 13.1 Å². The van der Waals surface area contributed by atoms with Gasteiger partial charge in [-0.2, -0.15) is 11.8 Å². The zero-order valence-corrected chi connectivity index (χ0v) is 17.7. The molecule has 2 aliphatic heterocycles. The van der Waals surface area contributed by atoms with Gasteiger partial charge in [-0.3, -0.25) is 4.79 Å². The van der Waals surface area contributed by atoms with Crippen LogP contribution < -0.4 is 11.0 Å². The van der Waals surface area contributed by atoms with E-state index in [4.69, 9.17) is 9.31 Å². The molecule has 2 aliphatic rings. The fourth-order valence-corrected chi connectivity index (χ4v) is 4.43. The van der Waals surface area contributed by atoms with E-state index in [0.717, 1.165) is 17.9 Å². The van der Waals surface area contributed by atoms with E-state index in [1.54, 1.807) is 23.9 Å². The molecule has 1 saturated heterocycles. The quantitative estimate of drug-likeness (QED) is 0.743. The maximum absolute atomic E-state index is 12.4. The highest BCUT2D eigenvalue weighted by atomic mass is 32.2. The molecule has 152 valence electrons. The number of carboxylic acids is 1. The Morgan fingerprint density at radius 2 is 1.93 bits per heavy atom. The van der Waals surface area contributed by atoms with Crippen LogP contribution >= 0.6 is 11.8 Å². The van der Waals surface area contributed by atoms with Crippen LogP contribution in [0.15, 0.2) is 23.0 Å². The molecule has 2 aromatic rings. The first-order valence-electron chi connectivity index (χ1n) is 9.52. The van der Waals surface area contributed by atoms with Crippen LogP contribution in [0.1, 0.15) is 49.3 Å². The van der Waals surface area contributed by atoms with Crippen molar-refractivity contribution in [1.82, 2.24) is 9.97 Å². The van der Waals surface area contributed by atoms with Crippen molar-refractivity contribution in [3.05, 3.63) is 45.4 Å². The Labute approximate surface area is 173 Å². The molecule has 9 heteroatoms. The summed E-state index contributed by atoms with van der Waals surface area (Å²) in [6.45, 7) is 7.67. The second-order valence-electron chi connectivity index (χ2n) is 8.34. The van der Waals surface area contributed by atoms with E-state index in [1.807, 2.05) is 27.7 Å². The monoisotopic (exact) mass is 414 g/mol. The Kier molecular flexibility index (Phi) is 4.87. The van der Waals surface area contributed by atoms with Crippen LogP contribution in [0.2, 0.25) is 0 Å². The van der Waals surface area contributed by atoms with E-state index >= 15 is 0 Å². The molecule has 0 radical (unpaired) electrons. The lowest BCUT2D eigenvalue weighted by Gasteiger charge is -2.32. The Morgan fingerprint density at radius 1 is 1.24 bits per heavy atom. The average Bonchev–Trinajstić information content (AvgIpc) is 2.88. The largest absolute Gasteiger partial charge is 0.495 e. The lowest BCUT2D eigenvalue weighted by molar-refractivity contribution is 0.00578. The molecule has 1 aromatic heterocycles. The first kappa shape index (κ1) is 20.2. The SMILES string of the molecule is CC1(C)OB(c2ccc(-c3nc4c(c(=O)[nH]3)CSCC4)cc2C(=O)O)OC1(C)C. The van der Waals surface area contributed by atoms with Crippen LogP contribution in [-0.4, -0.2) is 45.1 Å². The van der Waals surface area contributed by atoms with Crippen molar-refractivity contribution in [2.45, 2.75) is 51.1 Å². The molecule has 2 N–H and O–H groups in total. The van der Waals surface area contributed by atoms with Gasteiger partial charge < -0.3 is 19.4 Å². The van der Waals surface area contributed by atoms with Gasteiger partial charge in [0.25, 0.3) is 5.56 Å². The summed E-state index contributed by atoms with van der Waals surface area (Å²) in [7, 11) is -0.785. The molecule has 7 nitrogen and oxygen atoms in total. The summed E-state index contributed by atoms with van der Waals surface area (Å²) in [5.74, 6) is 0.862. The predicted octanol–water partition coefficient (Wildman–Crippen LogP) is 2.22. The van der Waals surface area contributed by atoms with Crippen molar-refractivity contribution in [2.75, 3.05) is 5.75 Å². The molecule has 0 atom stereocenters. The first-order chi connectivity index (χ1) is 13.6. The number of aryl methyl sites for hydroxylation is 1. The summed E-state index contributed by atoms with van der Waals surface area (Å²) in [5, 5.41) is 9.80. The summed E-state index contributed by atoms with van der Waals surface area (Å²) in [6.07, 6.45) is 0.731. The van der Waals surface area contributed by atoms with Gasteiger partial charge in [-0.1, -0.05) is 12.1 Å². The molecule has 0 aliphatic carbocycles. The Bertz CT molecular complexity index is 1030. The predicted molar refractivity (Wildman–Crippen MR) is 113 cm³/mol. The number of fused-ring (bicyclic) bond motifs is 1. The lowest BCUT2D eigenvalue weighted by atomic mass is 9.75. The van der Waals surface area contributed by atoms with Crippen molar-refractivity contribution in [1.29, 1.82) is 0 Å². The number of nitrogens with zero attached hydrogens (tertiary/aromatic N) is 1. The van der Waals surface area contributed by atoms with Gasteiger partial charge in [-0.25, -0.2) is 9.78 Å². The number of carbonyl (C=O) groups is 1. The third-order valence-corrected chi connectivity index (χ3v) is 6.88. The highest BCUT2D eigenvalue weighted by Crippen LogP contribution is 2.37. The average molecular weight is 414 g/mol. The van der Waals surface area contributed by atoms with Gasteiger partial charge in [0.1, 0.15) is 5.82 Å². The van der Waals surface area contributed by atoms with Crippen LogP contribution in [-0.2, 0) is 21.5 Å². The number of aromatic nitrogens is 2. The number of rotatable bonds is 3. The fourth-order valence-electron chi connectivity index (χ4n) is 3.44. The minimum atomic E-state index is -1.09. The molecule has 3 heterocycles. The van der Waals surface area contributed by atoms with Crippen LogP contribution in [0.25, 0.3) is 11.4 Å². The van der Waals surface area contributed by atoms with Gasteiger partial charge in [-0.15, -0.1) is 0 Å². The number of hydrogen-bond donors (Lipinski definition) is 2. The van der Waals surface area contributed by atoms with E-state index in [1.165, 1.54) is 6.07 Å². The van der Waals surface area contributed by atoms with Gasteiger partial charge in [0.2, 0.25) is 0 Å². The van der Waals surface area contributed by atoms with Crippen molar-refractivity contribution >= 4 is 30.3 Å². The first-order valence-corrected chi connectivity index (χ1v) is 10.7. The third kappa shape index (κ3) is 3.51. The van der Waals surface area contributed by atoms with Gasteiger partial charge in [0.15, 0.2) is 0 Å². The zero-order chi connectivity index (χ0) is 21.0. The van der Waals surface area contributed by atoms with Gasteiger partial charge in [-0.05, 0) is 51.4 Å². The van der Waals surface area contributed by atoms with Crippen molar-refractivity contribution in [2.24, 2.45) is 0 Å². The molecule has 4 rings (SSSR count). The van der Waals surface area contributed by atoms with E-state index in [2.05, 4.69) is 9.97 Å². The van der Waals surface area contributed by atoms with Crippen molar-refractivity contribution < 1.29 is 19.2 Å². The molecule has 0 amide bonds. The second-order valence-corrected chi connectivity index (χ2v) is 9.44. The summed E-state index contributed by atoms with van der Waals surface area (Å²) in [6, 6.07) is 4.94. The second kappa shape index (κ2) is 7.00. The van der Waals surface area contributed by atoms with Crippen LogP contribution in [0.4, 0.5) is 0 Å². The molecule has 29 heavy (non-hydrogen) atoms. The smallest absolute Gasteiger partial charge is 0.478 e. The number of hydrogen-bond acceptors (Lipinski definition) is 6. The van der Waals surface area contributed by atoms with Crippen LogP contribution in [0, 0.1) is 0 Å². The van der Waals surface area contributed by atoms with E-state index in [-0.39, 0.29) is 11.1 Å². The van der Waals surface area contributed by atoms with E-state index in [9.17, 15) is 14.7 Å². The normalized spacial score (nSPS) is 19.8. The number of aromatic amines is 1. The van der Waals surface area contributed by atoms with E-state index in [0.29, 0.717) is 28.2 Å². The maximum atomic E-state index is 12.4. The number of carboxylic acid groups (broad SMARTS) is 1. The molecule has 0 saturated carbocycles. The number of benzene rings is 1. The Morgan fingerprint density at radius 3 is 2.59 bits per heavy atom. The number of aromatic carboxylic acids is 1. The van der Waals surface area contributed by atoms with Crippen LogP contribution in [0.5, 0.6) is 0 Å². The minimum absolute atomic E-state index is 0.0666. The highest BCUT2D eigenvalue weighted by Gasteiger charge is 2.52. The summed E-state index contributed by atoms with van der Waals surface area (Å²) in [4.78, 5) is 31.8. The van der Waals surface area contributed by atoms with Gasteiger partial charge in [0.05, 0.1) is 22.5 Å². The Hall–Kier alpha value is -2.10. The summed E-state index contributed by atoms with van der Waals surface area (Å²) < 4.78 is 12.0. The topological polar surface area (TPSA) is 102 Å². The molecule has 1 aromatic carbocycles. The number of nitrogens with one attached hydrogen (secondary N) is 1. The summed E-state index contributed by atoms with van der Waals surface area (Å²) in [5.41, 5.74) is 1.23. The van der Waals surface area contributed by atoms with E-state index < -0.39 is 24.3 Å². The molecular formula is C20H23BN2O5S. The molecule has 1 fully saturated rings. The third-order valence-electron chi connectivity index (χ3n) is 5.90. The highest BCUT2D eigenvalue weighted by molar-refractivity contribution is 7.98. The minimum Gasteiger partial charge on any atom is -0.478 e. The van der Waals surface area contributed by atoms with Crippen molar-refractivity contribution in [3.63, 3.8) is 0 Å². The fraction of sp³-hybridized carbons (Fsp3) is 0.450. The lowest BCUT2D eigenvalue weighted by Crippen LogP contribution is -2.41. The molecule has 0 spiro atoms. The van der Waals surface area contributed by atoms with Gasteiger partial charge in [0, 0.05) is 16.9 Å². The van der Waals surface area contributed by atoms with Crippen molar-refractivity contribution in [3.8, 4) is 11.4 Å². The number of thioether (sulfide) groups is 1. The molecule has 0 bridgehead atoms. The maximum Gasteiger partial charge on any atom is 0.495 e. The molecular weight excluding hydrogens is 391 g/mol. The Balaban J connectivity index is 1.76. The standard InChI is InChI=1S/C20H23BN2O5S/c1-19(2)20(3,4)28-21(27-19)14-6-5-11(9-12(14)18(25)26)16-22-15-7-8-29-10-13(15)17(24)23-16/h5-6,9H,7-8,10H2,1-4H3,(H,25,26)(H,22,23,24). The summed E-state index contributed by atoms with van der Waals surface area (Å²) >= 11 is 1.71.